The number of hydrogen-bond donors (Lipinski definition) is 2. The number of pyridine rings is 1. The molecule has 1 aliphatic heterocycles. The summed E-state index contributed by atoms with van der Waals surface area (Å²) in [6, 6.07) is 12.0. The van der Waals surface area contributed by atoms with Crippen molar-refractivity contribution in [3.8, 4) is 0 Å². The van der Waals surface area contributed by atoms with Gasteiger partial charge in [0.1, 0.15) is 5.82 Å². The molecule has 1 atom stereocenters. The summed E-state index contributed by atoms with van der Waals surface area (Å²) in [6.45, 7) is 4.09. The highest BCUT2D eigenvalue weighted by molar-refractivity contribution is 6.33. The molecule has 0 saturated carbocycles. The number of aryl methyl sites for hydroxylation is 1. The molecule has 2 aromatic rings. The van der Waals surface area contributed by atoms with Crippen molar-refractivity contribution in [2.75, 3.05) is 37.7 Å². The van der Waals surface area contributed by atoms with E-state index < -0.39 is 6.29 Å². The number of aliphatic hydroxyl groups is 1. The Morgan fingerprint density at radius 3 is 2.72 bits per heavy atom. The Morgan fingerprint density at radius 2 is 2.00 bits per heavy atom. The van der Waals surface area contributed by atoms with Crippen molar-refractivity contribution in [2.24, 2.45) is 0 Å². The molecule has 25 heavy (non-hydrogen) atoms. The molecule has 1 fully saturated rings. The quantitative estimate of drug-likeness (QED) is 0.586. The zero-order valence-corrected chi connectivity index (χ0v) is 15.0. The molecule has 0 bridgehead atoms. The van der Waals surface area contributed by atoms with Crippen LogP contribution in [0.4, 0.5) is 5.82 Å². The van der Waals surface area contributed by atoms with Gasteiger partial charge in [-0.3, -0.25) is 0 Å². The molecule has 134 valence electrons. The summed E-state index contributed by atoms with van der Waals surface area (Å²) < 4.78 is 5.52. The van der Waals surface area contributed by atoms with E-state index in [2.05, 4.69) is 27.3 Å². The van der Waals surface area contributed by atoms with Crippen LogP contribution in [0.5, 0.6) is 0 Å². The fraction of sp³-hybridized carbons (Fsp3) is 0.421. The van der Waals surface area contributed by atoms with Crippen LogP contribution < -0.4 is 10.2 Å². The number of hydrogen-bond acceptors (Lipinski definition) is 5. The molecule has 6 heteroatoms. The van der Waals surface area contributed by atoms with Crippen LogP contribution in [-0.2, 0) is 11.2 Å². The summed E-state index contributed by atoms with van der Waals surface area (Å²) >= 11 is 6.36. The van der Waals surface area contributed by atoms with Crippen LogP contribution in [0.3, 0.4) is 0 Å². The van der Waals surface area contributed by atoms with Gasteiger partial charge in [-0.05, 0) is 24.5 Å². The molecule has 1 saturated heterocycles. The monoisotopic (exact) mass is 361 g/mol. The first kappa shape index (κ1) is 18.1. The average molecular weight is 362 g/mol. The number of aromatic nitrogens is 1. The topological polar surface area (TPSA) is 57.6 Å². The van der Waals surface area contributed by atoms with E-state index in [0.29, 0.717) is 17.2 Å². The predicted molar refractivity (Wildman–Crippen MR) is 100 cm³/mol. The van der Waals surface area contributed by atoms with Crippen molar-refractivity contribution in [1.82, 2.24) is 10.3 Å². The first-order valence-corrected chi connectivity index (χ1v) is 9.06. The zero-order chi connectivity index (χ0) is 17.5. The first-order chi connectivity index (χ1) is 12.2. The molecular weight excluding hydrogens is 338 g/mol. The lowest BCUT2D eigenvalue weighted by Gasteiger charge is -2.29. The van der Waals surface area contributed by atoms with E-state index in [4.69, 9.17) is 16.3 Å². The highest BCUT2D eigenvalue weighted by Gasteiger charge is 2.17. The molecule has 1 aromatic carbocycles. The number of benzene rings is 1. The summed E-state index contributed by atoms with van der Waals surface area (Å²) in [7, 11) is 0. The summed E-state index contributed by atoms with van der Waals surface area (Å²) in [5.74, 6) is 0.767. The van der Waals surface area contributed by atoms with Gasteiger partial charge in [0.15, 0.2) is 6.29 Å². The lowest BCUT2D eigenvalue weighted by atomic mass is 10.1. The molecule has 0 aliphatic carbocycles. The third kappa shape index (κ3) is 5.16. The number of ether oxygens (including phenoxy) is 1. The number of rotatable bonds is 7. The SMILES string of the molecule is OC(OCCCc1ccccc1)c1cnc(N2CCNCC2)c(Cl)c1. The third-order valence-electron chi connectivity index (χ3n) is 4.27. The van der Waals surface area contributed by atoms with Gasteiger partial charge in [-0.2, -0.15) is 0 Å². The van der Waals surface area contributed by atoms with Gasteiger partial charge in [0.25, 0.3) is 0 Å². The number of nitrogens with one attached hydrogen (secondary N) is 1. The molecule has 1 aliphatic rings. The number of aliphatic hydroxyl groups excluding tert-OH is 1. The van der Waals surface area contributed by atoms with Gasteiger partial charge >= 0.3 is 0 Å². The first-order valence-electron chi connectivity index (χ1n) is 8.69. The summed E-state index contributed by atoms with van der Waals surface area (Å²) in [5, 5.41) is 14.0. The summed E-state index contributed by atoms with van der Waals surface area (Å²) in [4.78, 5) is 6.57. The molecule has 0 radical (unpaired) electrons. The van der Waals surface area contributed by atoms with Crippen LogP contribution in [0.15, 0.2) is 42.6 Å². The summed E-state index contributed by atoms with van der Waals surface area (Å²) in [6.07, 6.45) is 2.42. The third-order valence-corrected chi connectivity index (χ3v) is 4.55. The molecule has 1 aromatic heterocycles. The van der Waals surface area contributed by atoms with Gasteiger partial charge in [-0.15, -0.1) is 0 Å². The lowest BCUT2D eigenvalue weighted by molar-refractivity contribution is -0.103. The minimum Gasteiger partial charge on any atom is -0.364 e. The van der Waals surface area contributed by atoms with E-state index in [-0.39, 0.29) is 0 Å². The van der Waals surface area contributed by atoms with Crippen molar-refractivity contribution in [3.05, 3.63) is 58.7 Å². The Labute approximate surface area is 153 Å². The van der Waals surface area contributed by atoms with Crippen LogP contribution in [0.25, 0.3) is 0 Å². The van der Waals surface area contributed by atoms with Crippen LogP contribution in [0.1, 0.15) is 23.8 Å². The maximum atomic E-state index is 10.2. The largest absolute Gasteiger partial charge is 0.364 e. The van der Waals surface area contributed by atoms with E-state index in [9.17, 15) is 5.11 Å². The normalized spacial score (nSPS) is 16.0. The molecule has 2 N–H and O–H groups in total. The van der Waals surface area contributed by atoms with Crippen molar-refractivity contribution in [2.45, 2.75) is 19.1 Å². The maximum Gasteiger partial charge on any atom is 0.182 e. The molecule has 3 rings (SSSR count). The molecular formula is C19H24ClN3O2. The fourth-order valence-corrected chi connectivity index (χ4v) is 3.20. The molecule has 0 amide bonds. The van der Waals surface area contributed by atoms with E-state index in [1.165, 1.54) is 5.56 Å². The minimum atomic E-state index is -1.00. The Balaban J connectivity index is 1.50. The molecule has 2 heterocycles. The second-order valence-electron chi connectivity index (χ2n) is 6.12. The predicted octanol–water partition coefficient (Wildman–Crippen LogP) is 2.78. The standard InChI is InChI=1S/C19H24ClN3O2/c20-17-13-16(14-22-18(17)23-10-8-21-9-11-23)19(24)25-12-4-7-15-5-2-1-3-6-15/h1-3,5-6,13-14,19,21,24H,4,7-12H2. The van der Waals surface area contributed by atoms with Crippen LogP contribution >= 0.6 is 11.6 Å². The second kappa shape index (κ2) is 9.15. The van der Waals surface area contributed by atoms with E-state index in [1.807, 2.05) is 18.2 Å². The Hall–Kier alpha value is -1.66. The Bertz CT molecular complexity index is 663. The van der Waals surface area contributed by atoms with Crippen LogP contribution in [-0.4, -0.2) is 42.9 Å². The fourth-order valence-electron chi connectivity index (χ4n) is 2.90. The number of nitrogens with zero attached hydrogens (tertiary/aromatic N) is 2. The van der Waals surface area contributed by atoms with E-state index in [0.717, 1.165) is 44.8 Å². The van der Waals surface area contributed by atoms with Crippen molar-refractivity contribution in [1.29, 1.82) is 0 Å². The van der Waals surface area contributed by atoms with Gasteiger partial charge in [0.05, 0.1) is 11.6 Å². The Kier molecular flexibility index (Phi) is 6.64. The van der Waals surface area contributed by atoms with Gasteiger partial charge in [0, 0.05) is 37.9 Å². The van der Waals surface area contributed by atoms with E-state index in [1.54, 1.807) is 12.3 Å². The van der Waals surface area contributed by atoms with Gasteiger partial charge in [-0.1, -0.05) is 41.9 Å². The van der Waals surface area contributed by atoms with Crippen molar-refractivity contribution < 1.29 is 9.84 Å². The average Bonchev–Trinajstić information content (AvgIpc) is 2.66. The Morgan fingerprint density at radius 1 is 1.24 bits per heavy atom. The number of anilines is 1. The van der Waals surface area contributed by atoms with Crippen molar-refractivity contribution in [3.63, 3.8) is 0 Å². The molecule has 5 nitrogen and oxygen atoms in total. The number of piperazine rings is 1. The van der Waals surface area contributed by atoms with Crippen molar-refractivity contribution >= 4 is 17.4 Å². The van der Waals surface area contributed by atoms with Gasteiger partial charge in [0.2, 0.25) is 0 Å². The van der Waals surface area contributed by atoms with E-state index >= 15 is 0 Å². The zero-order valence-electron chi connectivity index (χ0n) is 14.2. The molecule has 0 spiro atoms. The minimum absolute atomic E-state index is 0.479. The highest BCUT2D eigenvalue weighted by Crippen LogP contribution is 2.27. The molecule has 1 unspecified atom stereocenters. The smallest absolute Gasteiger partial charge is 0.182 e. The summed E-state index contributed by atoms with van der Waals surface area (Å²) in [5.41, 5.74) is 1.86. The van der Waals surface area contributed by atoms with Gasteiger partial charge < -0.3 is 20.1 Å². The number of halogens is 1. The van der Waals surface area contributed by atoms with Crippen LogP contribution in [0.2, 0.25) is 5.02 Å². The second-order valence-corrected chi connectivity index (χ2v) is 6.53. The maximum absolute atomic E-state index is 10.2. The lowest BCUT2D eigenvalue weighted by Crippen LogP contribution is -2.44. The van der Waals surface area contributed by atoms with Gasteiger partial charge in [-0.25, -0.2) is 4.98 Å². The highest BCUT2D eigenvalue weighted by atomic mass is 35.5. The van der Waals surface area contributed by atoms with Crippen LogP contribution in [0, 0.1) is 0 Å².